The van der Waals surface area contributed by atoms with Crippen LogP contribution in [0.3, 0.4) is 0 Å². The van der Waals surface area contributed by atoms with E-state index in [1.54, 1.807) is 13.0 Å². The van der Waals surface area contributed by atoms with Gasteiger partial charge in [0.25, 0.3) is 0 Å². The summed E-state index contributed by atoms with van der Waals surface area (Å²) in [7, 11) is 2.91. The number of carbonyl (C=O) groups excluding carboxylic acids is 3. The summed E-state index contributed by atoms with van der Waals surface area (Å²) >= 11 is 0. The van der Waals surface area contributed by atoms with Crippen molar-refractivity contribution < 1.29 is 33.4 Å². The molecule has 0 fully saturated rings. The van der Waals surface area contributed by atoms with Crippen LogP contribution in [-0.4, -0.2) is 44.7 Å². The summed E-state index contributed by atoms with van der Waals surface area (Å²) in [4.78, 5) is 46.9. The molecule has 31 heavy (non-hydrogen) atoms. The Morgan fingerprint density at radius 1 is 1.23 bits per heavy atom. The molecular weight excluding hydrogens is 410 g/mol. The van der Waals surface area contributed by atoms with E-state index in [2.05, 4.69) is 10.6 Å². The monoisotopic (exact) mass is 434 g/mol. The van der Waals surface area contributed by atoms with Crippen molar-refractivity contribution in [1.29, 1.82) is 0 Å². The van der Waals surface area contributed by atoms with Crippen LogP contribution in [0.15, 0.2) is 21.3 Å². The zero-order valence-electron chi connectivity index (χ0n) is 17.4. The predicted molar refractivity (Wildman–Crippen MR) is 108 cm³/mol. The molecule has 0 aliphatic heterocycles. The van der Waals surface area contributed by atoms with Crippen molar-refractivity contribution in [3.05, 3.63) is 33.7 Å². The number of methoxy groups -OCH3 is 2. The molecule has 1 aromatic heterocycles. The van der Waals surface area contributed by atoms with Crippen molar-refractivity contribution >= 4 is 28.9 Å². The number of nitrogens with two attached hydrogens (primary N) is 1. The number of benzene rings is 1. The lowest BCUT2D eigenvalue weighted by Crippen LogP contribution is -2.48. The largest absolute Gasteiger partial charge is 0.548 e. The topological polar surface area (TPSA) is 173 Å². The molecule has 0 aliphatic carbocycles. The predicted octanol–water partition coefficient (Wildman–Crippen LogP) is -0.656. The number of rotatable bonds is 10. The quantitative estimate of drug-likeness (QED) is 0.326. The third-order valence-corrected chi connectivity index (χ3v) is 4.70. The molecule has 0 bridgehead atoms. The first-order valence-corrected chi connectivity index (χ1v) is 9.39. The molecule has 0 saturated carbocycles. The molecule has 168 valence electrons. The van der Waals surface area contributed by atoms with E-state index in [1.807, 2.05) is 0 Å². The number of hydrogen-bond acceptors (Lipinski definition) is 8. The second kappa shape index (κ2) is 10.3. The van der Waals surface area contributed by atoms with Crippen LogP contribution >= 0.6 is 0 Å². The van der Waals surface area contributed by atoms with E-state index in [-0.39, 0.29) is 30.5 Å². The molecule has 0 unspecified atom stereocenters. The van der Waals surface area contributed by atoms with Crippen molar-refractivity contribution in [2.24, 2.45) is 5.73 Å². The lowest BCUT2D eigenvalue weighted by molar-refractivity contribution is -0.308. The Morgan fingerprint density at radius 3 is 2.52 bits per heavy atom. The van der Waals surface area contributed by atoms with Gasteiger partial charge < -0.3 is 40.2 Å². The van der Waals surface area contributed by atoms with Crippen LogP contribution in [0, 0.1) is 6.92 Å². The highest BCUT2D eigenvalue weighted by Gasteiger charge is 2.20. The Labute approximate surface area is 177 Å². The number of fused-ring (bicyclic) bond motifs is 1. The van der Waals surface area contributed by atoms with E-state index >= 15 is 0 Å². The maximum Gasteiger partial charge on any atom is 0.340 e. The van der Waals surface area contributed by atoms with Crippen LogP contribution < -0.4 is 36.6 Å². The van der Waals surface area contributed by atoms with Crippen molar-refractivity contribution in [3.63, 3.8) is 0 Å². The van der Waals surface area contributed by atoms with Gasteiger partial charge in [0.1, 0.15) is 17.1 Å². The number of aliphatic carboxylic acids is 1. The maximum atomic E-state index is 12.5. The van der Waals surface area contributed by atoms with E-state index in [4.69, 9.17) is 19.6 Å². The second-order valence-electron chi connectivity index (χ2n) is 6.75. The number of primary amides is 1. The van der Waals surface area contributed by atoms with Gasteiger partial charge in [-0.3, -0.25) is 4.79 Å². The first-order chi connectivity index (χ1) is 14.7. The van der Waals surface area contributed by atoms with Crippen molar-refractivity contribution in [2.45, 2.75) is 32.2 Å². The minimum absolute atomic E-state index is 0.00722. The first kappa shape index (κ1) is 23.5. The highest BCUT2D eigenvalue weighted by Crippen LogP contribution is 2.33. The molecular formula is C20H24N3O8-. The molecule has 2 aromatic rings. The van der Waals surface area contributed by atoms with Crippen LogP contribution in [0.1, 0.15) is 24.0 Å². The molecule has 1 aromatic carbocycles. The molecule has 2 rings (SSSR count). The number of carboxylic acid groups (broad SMARTS) is 1. The molecule has 4 N–H and O–H groups in total. The highest BCUT2D eigenvalue weighted by atomic mass is 16.5. The summed E-state index contributed by atoms with van der Waals surface area (Å²) in [5.41, 5.74) is 4.98. The average molecular weight is 434 g/mol. The number of amides is 3. The molecule has 11 heteroatoms. The Kier molecular flexibility index (Phi) is 7.83. The number of carboxylic acids is 1. The third-order valence-electron chi connectivity index (χ3n) is 4.70. The SMILES string of the molecule is COc1cc(OC)c2c(C)c(CC(=O)N[C@@H](CCCNC(N)=O)C(=O)[O-])c(=O)oc2c1. The normalized spacial score (nSPS) is 11.6. The Bertz CT molecular complexity index is 1050. The van der Waals surface area contributed by atoms with Crippen molar-refractivity contribution in [1.82, 2.24) is 10.6 Å². The van der Waals surface area contributed by atoms with E-state index < -0.39 is 36.0 Å². The van der Waals surface area contributed by atoms with Gasteiger partial charge in [-0.15, -0.1) is 0 Å². The maximum absolute atomic E-state index is 12.5. The molecule has 0 radical (unpaired) electrons. The first-order valence-electron chi connectivity index (χ1n) is 9.39. The molecule has 11 nitrogen and oxygen atoms in total. The van der Waals surface area contributed by atoms with Gasteiger partial charge in [0.15, 0.2) is 0 Å². The van der Waals surface area contributed by atoms with Crippen molar-refractivity contribution in [2.75, 3.05) is 20.8 Å². The van der Waals surface area contributed by atoms with Crippen LogP contribution in [0.25, 0.3) is 11.0 Å². The van der Waals surface area contributed by atoms with E-state index in [0.29, 0.717) is 22.4 Å². The van der Waals surface area contributed by atoms with Crippen LogP contribution in [0.2, 0.25) is 0 Å². The number of aryl methyl sites for hydroxylation is 1. The summed E-state index contributed by atoms with van der Waals surface area (Å²) in [6.07, 6.45) is -0.145. The summed E-state index contributed by atoms with van der Waals surface area (Å²) in [5.74, 6) is -1.35. The zero-order chi connectivity index (χ0) is 23.1. The number of urea groups is 1. The summed E-state index contributed by atoms with van der Waals surface area (Å²) < 4.78 is 15.8. The molecule has 0 aliphatic rings. The fourth-order valence-corrected chi connectivity index (χ4v) is 3.14. The zero-order valence-corrected chi connectivity index (χ0v) is 17.4. The lowest BCUT2D eigenvalue weighted by atomic mass is 10.0. The van der Waals surface area contributed by atoms with Crippen LogP contribution in [-0.2, 0) is 16.0 Å². The minimum Gasteiger partial charge on any atom is -0.548 e. The van der Waals surface area contributed by atoms with Gasteiger partial charge in [-0.25, -0.2) is 9.59 Å². The number of ether oxygens (including phenoxy) is 2. The summed E-state index contributed by atoms with van der Waals surface area (Å²) in [6.45, 7) is 1.79. The van der Waals surface area contributed by atoms with Crippen molar-refractivity contribution in [3.8, 4) is 11.5 Å². The molecule has 1 atom stereocenters. The minimum atomic E-state index is -1.48. The Hall–Kier alpha value is -3.76. The van der Waals surface area contributed by atoms with E-state index in [0.717, 1.165) is 0 Å². The van der Waals surface area contributed by atoms with Gasteiger partial charge in [0.2, 0.25) is 5.91 Å². The Balaban J connectivity index is 2.23. The standard InChI is InChI=1S/C20H25N3O8/c1-10-12(9-16(24)23-13(18(25)26)5-4-6-22-20(21)28)19(27)31-15-8-11(29-2)7-14(30-3)17(10)15/h7-8,13H,4-6,9H2,1-3H3,(H,23,24)(H,25,26)(H3,21,22,28)/p-1/t13-/m0/s1. The highest BCUT2D eigenvalue weighted by molar-refractivity contribution is 5.91. The fraction of sp³-hybridized carbons (Fsp3) is 0.400. The second-order valence-corrected chi connectivity index (χ2v) is 6.75. The van der Waals surface area contributed by atoms with Gasteiger partial charge in [0.05, 0.1) is 43.6 Å². The van der Waals surface area contributed by atoms with Crippen LogP contribution in [0.5, 0.6) is 11.5 Å². The van der Waals surface area contributed by atoms with E-state index in [9.17, 15) is 24.3 Å². The van der Waals surface area contributed by atoms with Gasteiger partial charge in [-0.05, 0) is 25.3 Å². The van der Waals surface area contributed by atoms with Gasteiger partial charge in [0, 0.05) is 18.7 Å². The molecule has 0 saturated heterocycles. The van der Waals surface area contributed by atoms with Gasteiger partial charge >= 0.3 is 11.7 Å². The fourth-order valence-electron chi connectivity index (χ4n) is 3.14. The van der Waals surface area contributed by atoms with Gasteiger partial charge in [-0.1, -0.05) is 0 Å². The summed E-state index contributed by atoms with van der Waals surface area (Å²) in [6, 6.07) is 1.11. The number of hydrogen-bond donors (Lipinski definition) is 3. The Morgan fingerprint density at radius 2 is 1.94 bits per heavy atom. The number of carbonyl (C=O) groups is 3. The smallest absolute Gasteiger partial charge is 0.340 e. The molecule has 1 heterocycles. The molecule has 3 amide bonds. The number of nitrogens with one attached hydrogen (secondary N) is 2. The molecule has 0 spiro atoms. The van der Waals surface area contributed by atoms with Gasteiger partial charge in [-0.2, -0.15) is 0 Å². The van der Waals surface area contributed by atoms with Crippen LogP contribution in [0.4, 0.5) is 4.79 Å². The van der Waals surface area contributed by atoms with E-state index in [1.165, 1.54) is 20.3 Å². The average Bonchev–Trinajstić information content (AvgIpc) is 2.71. The summed E-state index contributed by atoms with van der Waals surface area (Å²) in [5, 5.41) is 16.5. The third kappa shape index (κ3) is 5.87. The lowest BCUT2D eigenvalue weighted by Gasteiger charge is -2.20.